The quantitative estimate of drug-likeness (QED) is 0.876. The van der Waals surface area contributed by atoms with Crippen LogP contribution in [0.3, 0.4) is 0 Å². The number of carbonyl (C=O) groups is 1. The zero-order chi connectivity index (χ0) is 17.6. The largest absolute Gasteiger partial charge is 0.325 e. The van der Waals surface area contributed by atoms with Gasteiger partial charge in [-0.15, -0.1) is 11.8 Å². The molecule has 2 heterocycles. The summed E-state index contributed by atoms with van der Waals surface area (Å²) in [7, 11) is -3.66. The third-order valence-corrected chi connectivity index (χ3v) is 7.45. The summed E-state index contributed by atoms with van der Waals surface area (Å²) in [4.78, 5) is 13.1. The molecule has 0 saturated carbocycles. The van der Waals surface area contributed by atoms with E-state index in [1.807, 2.05) is 31.2 Å². The van der Waals surface area contributed by atoms with Crippen LogP contribution in [0, 0.1) is 0 Å². The third-order valence-electron chi connectivity index (χ3n) is 4.46. The van der Waals surface area contributed by atoms with E-state index in [4.69, 9.17) is 0 Å². The number of hydrogen-bond donors (Lipinski definition) is 1. The predicted molar refractivity (Wildman–Crippen MR) is 99.7 cm³/mol. The average molecular weight is 374 g/mol. The molecular formula is C18H18N2O3S2. The van der Waals surface area contributed by atoms with Crippen LogP contribution in [0.15, 0.2) is 52.3 Å². The van der Waals surface area contributed by atoms with Gasteiger partial charge in [0.25, 0.3) is 10.0 Å². The predicted octanol–water partition coefficient (Wildman–Crippen LogP) is 3.26. The standard InChI is InChI=1S/C18H18N2O3S2/c1-12-10-18(21)19-15-11-14(6-7-17(15)24-12)25(22,23)20-9-8-13-4-2-3-5-16(13)20/h2-7,11-12H,8-10H2,1H3,(H,19,21)/t12-/m0/s1. The van der Waals surface area contributed by atoms with Crippen LogP contribution in [0.25, 0.3) is 0 Å². The number of benzene rings is 2. The molecule has 2 aliphatic heterocycles. The fourth-order valence-corrected chi connectivity index (χ4v) is 5.86. The molecule has 4 rings (SSSR count). The normalized spacial score (nSPS) is 19.8. The summed E-state index contributed by atoms with van der Waals surface area (Å²) < 4.78 is 27.7. The van der Waals surface area contributed by atoms with Gasteiger partial charge < -0.3 is 5.32 Å². The van der Waals surface area contributed by atoms with Crippen LogP contribution in [0.1, 0.15) is 18.9 Å². The Morgan fingerprint density at radius 3 is 2.84 bits per heavy atom. The second kappa shape index (κ2) is 6.07. The maximum atomic E-state index is 13.1. The van der Waals surface area contributed by atoms with Crippen LogP contribution in [0.2, 0.25) is 0 Å². The number of rotatable bonds is 2. The van der Waals surface area contributed by atoms with E-state index < -0.39 is 10.0 Å². The van der Waals surface area contributed by atoms with E-state index in [-0.39, 0.29) is 16.1 Å². The summed E-state index contributed by atoms with van der Waals surface area (Å²) >= 11 is 1.58. The summed E-state index contributed by atoms with van der Waals surface area (Å²) in [5, 5.41) is 2.99. The number of nitrogens with zero attached hydrogens (tertiary/aromatic N) is 1. The molecule has 1 atom stereocenters. The van der Waals surface area contributed by atoms with Gasteiger partial charge in [-0.05, 0) is 36.2 Å². The lowest BCUT2D eigenvalue weighted by molar-refractivity contribution is -0.116. The molecule has 2 aliphatic rings. The molecule has 0 bridgehead atoms. The van der Waals surface area contributed by atoms with Crippen molar-refractivity contribution in [2.24, 2.45) is 0 Å². The van der Waals surface area contributed by atoms with Crippen molar-refractivity contribution >= 4 is 39.1 Å². The number of anilines is 2. The molecule has 0 fully saturated rings. The summed E-state index contributed by atoms with van der Waals surface area (Å²) in [5.74, 6) is -0.0835. The lowest BCUT2D eigenvalue weighted by Gasteiger charge is -2.20. The highest BCUT2D eigenvalue weighted by Gasteiger charge is 2.31. The fourth-order valence-electron chi connectivity index (χ4n) is 3.28. The zero-order valence-electron chi connectivity index (χ0n) is 13.7. The lowest BCUT2D eigenvalue weighted by Crippen LogP contribution is -2.29. The summed E-state index contributed by atoms with van der Waals surface area (Å²) in [6.45, 7) is 2.43. The van der Waals surface area contributed by atoms with E-state index >= 15 is 0 Å². The van der Waals surface area contributed by atoms with Crippen LogP contribution in [-0.2, 0) is 21.2 Å². The Balaban J connectivity index is 1.74. The molecule has 0 radical (unpaired) electrons. The first kappa shape index (κ1) is 16.5. The van der Waals surface area contributed by atoms with Gasteiger partial charge in [-0.25, -0.2) is 8.42 Å². The monoisotopic (exact) mass is 374 g/mol. The third kappa shape index (κ3) is 2.91. The number of fused-ring (bicyclic) bond motifs is 2. The van der Waals surface area contributed by atoms with Crippen molar-refractivity contribution in [2.45, 2.75) is 34.8 Å². The molecule has 0 spiro atoms. The topological polar surface area (TPSA) is 66.5 Å². The molecule has 130 valence electrons. The second-order valence-electron chi connectivity index (χ2n) is 6.29. The number of para-hydroxylation sites is 1. The van der Waals surface area contributed by atoms with Crippen molar-refractivity contribution in [3.63, 3.8) is 0 Å². The van der Waals surface area contributed by atoms with Gasteiger partial charge in [-0.3, -0.25) is 9.10 Å². The molecule has 2 aromatic rings. The number of thioether (sulfide) groups is 1. The molecule has 5 nitrogen and oxygen atoms in total. The van der Waals surface area contributed by atoms with Crippen molar-refractivity contribution in [3.8, 4) is 0 Å². The van der Waals surface area contributed by atoms with Gasteiger partial charge in [0.1, 0.15) is 0 Å². The molecule has 2 aromatic carbocycles. The van der Waals surface area contributed by atoms with Crippen molar-refractivity contribution < 1.29 is 13.2 Å². The van der Waals surface area contributed by atoms with Crippen molar-refractivity contribution in [1.29, 1.82) is 0 Å². The van der Waals surface area contributed by atoms with Gasteiger partial charge in [-0.1, -0.05) is 25.1 Å². The van der Waals surface area contributed by atoms with Crippen molar-refractivity contribution in [1.82, 2.24) is 0 Å². The SMILES string of the molecule is C[C@H]1CC(=O)Nc2cc(S(=O)(=O)N3CCc4ccccc43)ccc2S1. The van der Waals surface area contributed by atoms with Crippen LogP contribution >= 0.6 is 11.8 Å². The molecule has 1 N–H and O–H groups in total. The Labute approximate surface area is 151 Å². The Morgan fingerprint density at radius 1 is 1.20 bits per heavy atom. The Bertz CT molecular complexity index is 957. The van der Waals surface area contributed by atoms with Gasteiger partial charge in [0, 0.05) is 23.1 Å². The smallest absolute Gasteiger partial charge is 0.264 e. The number of carbonyl (C=O) groups excluding carboxylic acids is 1. The highest BCUT2D eigenvalue weighted by molar-refractivity contribution is 8.00. The summed E-state index contributed by atoms with van der Waals surface area (Å²) in [5.41, 5.74) is 2.36. The van der Waals surface area contributed by atoms with Crippen LogP contribution in [0.5, 0.6) is 0 Å². The van der Waals surface area contributed by atoms with E-state index in [1.165, 1.54) is 4.31 Å². The van der Waals surface area contributed by atoms with Crippen molar-refractivity contribution in [2.75, 3.05) is 16.2 Å². The average Bonchev–Trinajstić information content (AvgIpc) is 2.94. The van der Waals surface area contributed by atoms with Gasteiger partial charge in [0.15, 0.2) is 0 Å². The maximum absolute atomic E-state index is 13.1. The minimum atomic E-state index is -3.66. The van der Waals surface area contributed by atoms with Gasteiger partial charge in [0.2, 0.25) is 5.91 Å². The van der Waals surface area contributed by atoms with Crippen molar-refractivity contribution in [3.05, 3.63) is 48.0 Å². The molecule has 0 saturated heterocycles. The highest BCUT2D eigenvalue weighted by Crippen LogP contribution is 2.38. The Hall–Kier alpha value is -1.99. The van der Waals surface area contributed by atoms with E-state index in [2.05, 4.69) is 5.32 Å². The summed E-state index contributed by atoms with van der Waals surface area (Å²) in [6.07, 6.45) is 1.13. The number of nitrogens with one attached hydrogen (secondary N) is 1. The molecule has 7 heteroatoms. The Kier molecular flexibility index (Phi) is 4.00. The van der Waals surface area contributed by atoms with E-state index in [0.29, 0.717) is 25.1 Å². The molecule has 0 aliphatic carbocycles. The number of sulfonamides is 1. The van der Waals surface area contributed by atoms with Crippen LogP contribution in [0.4, 0.5) is 11.4 Å². The molecule has 0 aromatic heterocycles. The first-order valence-electron chi connectivity index (χ1n) is 8.16. The first-order chi connectivity index (χ1) is 11.9. The van der Waals surface area contributed by atoms with Crippen LogP contribution in [-0.4, -0.2) is 26.1 Å². The number of amides is 1. The van der Waals surface area contributed by atoms with Gasteiger partial charge in [-0.2, -0.15) is 0 Å². The van der Waals surface area contributed by atoms with Gasteiger partial charge in [0.05, 0.1) is 16.3 Å². The molecule has 25 heavy (non-hydrogen) atoms. The molecule has 0 unspecified atom stereocenters. The highest BCUT2D eigenvalue weighted by atomic mass is 32.2. The second-order valence-corrected chi connectivity index (χ2v) is 9.64. The van der Waals surface area contributed by atoms with Gasteiger partial charge >= 0.3 is 0 Å². The fraction of sp³-hybridized carbons (Fsp3) is 0.278. The van der Waals surface area contributed by atoms with E-state index in [9.17, 15) is 13.2 Å². The first-order valence-corrected chi connectivity index (χ1v) is 10.5. The minimum absolute atomic E-state index is 0.0835. The molecular weight excluding hydrogens is 356 g/mol. The van der Waals surface area contributed by atoms with Crippen LogP contribution < -0.4 is 9.62 Å². The minimum Gasteiger partial charge on any atom is -0.325 e. The number of hydrogen-bond acceptors (Lipinski definition) is 4. The lowest BCUT2D eigenvalue weighted by atomic mass is 10.2. The van der Waals surface area contributed by atoms with E-state index in [0.717, 1.165) is 16.1 Å². The molecule has 1 amide bonds. The Morgan fingerprint density at radius 2 is 2.00 bits per heavy atom. The van der Waals surface area contributed by atoms with E-state index in [1.54, 1.807) is 30.0 Å². The zero-order valence-corrected chi connectivity index (χ0v) is 15.4. The summed E-state index contributed by atoms with van der Waals surface area (Å²) in [6, 6.07) is 12.6. The maximum Gasteiger partial charge on any atom is 0.264 e.